The lowest BCUT2D eigenvalue weighted by Crippen LogP contribution is -2.29. The lowest BCUT2D eigenvalue weighted by molar-refractivity contribution is 0.428. The third-order valence-corrected chi connectivity index (χ3v) is 5.01. The topological polar surface area (TPSA) is 63.4 Å². The third-order valence-electron chi connectivity index (χ3n) is 2.93. The second-order valence-electron chi connectivity index (χ2n) is 5.00. The molecule has 1 rings (SSSR count). The van der Waals surface area contributed by atoms with Gasteiger partial charge in [0.15, 0.2) is 0 Å². The maximum Gasteiger partial charge on any atom is 0.245 e. The summed E-state index contributed by atoms with van der Waals surface area (Å²) in [5.74, 6) is 0.469. The summed E-state index contributed by atoms with van der Waals surface area (Å²) in [6, 6.07) is 5.15. The van der Waals surface area contributed by atoms with E-state index in [1.165, 1.54) is 4.31 Å². The molecule has 0 heterocycles. The molecular formula is C13H22N2O2S. The second-order valence-corrected chi connectivity index (χ2v) is 6.98. The Labute approximate surface area is 110 Å². The van der Waals surface area contributed by atoms with Gasteiger partial charge >= 0.3 is 0 Å². The number of hydrogen-bond acceptors (Lipinski definition) is 3. The lowest BCUT2D eigenvalue weighted by Gasteiger charge is -2.20. The van der Waals surface area contributed by atoms with Gasteiger partial charge in [-0.05, 0) is 30.9 Å². The summed E-state index contributed by atoms with van der Waals surface area (Å²) < 4.78 is 26.2. The fourth-order valence-electron chi connectivity index (χ4n) is 1.74. The van der Waals surface area contributed by atoms with Crippen LogP contribution in [0, 0.1) is 12.8 Å². The maximum atomic E-state index is 12.4. The maximum absolute atomic E-state index is 12.4. The Kier molecular flexibility index (Phi) is 4.76. The van der Waals surface area contributed by atoms with Gasteiger partial charge in [0, 0.05) is 13.6 Å². The van der Waals surface area contributed by atoms with E-state index < -0.39 is 10.0 Å². The Balaban J connectivity index is 3.06. The molecule has 102 valence electrons. The van der Waals surface area contributed by atoms with Gasteiger partial charge in [0.25, 0.3) is 0 Å². The second kappa shape index (κ2) is 5.71. The van der Waals surface area contributed by atoms with Crippen LogP contribution >= 0.6 is 0 Å². The van der Waals surface area contributed by atoms with Crippen LogP contribution in [0.4, 0.5) is 5.69 Å². The number of nitrogens with two attached hydrogens (primary N) is 1. The van der Waals surface area contributed by atoms with Crippen molar-refractivity contribution in [3.63, 3.8) is 0 Å². The standard InChI is InChI=1S/C13H22N2O2S/c1-10(2)8-9-15(4)18(16,17)13-11(3)6-5-7-12(13)14/h5-7,10H,8-9,14H2,1-4H3. The molecule has 0 unspecified atom stereocenters. The molecule has 0 aliphatic rings. The molecule has 0 radical (unpaired) electrons. The van der Waals surface area contributed by atoms with Crippen LogP contribution in [-0.2, 0) is 10.0 Å². The van der Waals surface area contributed by atoms with Crippen molar-refractivity contribution < 1.29 is 8.42 Å². The molecule has 2 N–H and O–H groups in total. The van der Waals surface area contributed by atoms with Gasteiger partial charge in [0.05, 0.1) is 5.69 Å². The van der Waals surface area contributed by atoms with Crippen LogP contribution < -0.4 is 5.73 Å². The van der Waals surface area contributed by atoms with Crippen LogP contribution in [0.15, 0.2) is 23.1 Å². The van der Waals surface area contributed by atoms with Crippen LogP contribution in [0.2, 0.25) is 0 Å². The Morgan fingerprint density at radius 2 is 1.94 bits per heavy atom. The summed E-state index contributed by atoms with van der Waals surface area (Å²) in [5.41, 5.74) is 6.79. The van der Waals surface area contributed by atoms with Gasteiger partial charge < -0.3 is 5.73 Å². The average Bonchev–Trinajstić information content (AvgIpc) is 2.25. The Morgan fingerprint density at radius 1 is 1.33 bits per heavy atom. The highest BCUT2D eigenvalue weighted by Crippen LogP contribution is 2.25. The van der Waals surface area contributed by atoms with Gasteiger partial charge in [0.2, 0.25) is 10.0 Å². The van der Waals surface area contributed by atoms with Crippen LogP contribution in [-0.4, -0.2) is 26.3 Å². The van der Waals surface area contributed by atoms with E-state index in [9.17, 15) is 8.42 Å². The molecule has 0 saturated carbocycles. The zero-order chi connectivity index (χ0) is 13.9. The summed E-state index contributed by atoms with van der Waals surface area (Å²) in [5, 5.41) is 0. The van der Waals surface area contributed by atoms with E-state index in [1.807, 2.05) is 0 Å². The van der Waals surface area contributed by atoms with Gasteiger partial charge in [-0.2, -0.15) is 0 Å². The normalized spacial score (nSPS) is 12.3. The number of nitrogen functional groups attached to an aromatic ring is 1. The van der Waals surface area contributed by atoms with E-state index in [0.29, 0.717) is 23.7 Å². The molecule has 0 spiro atoms. The minimum atomic E-state index is -3.49. The first-order valence-electron chi connectivity index (χ1n) is 6.08. The first kappa shape index (κ1) is 15.0. The van der Waals surface area contributed by atoms with E-state index in [4.69, 9.17) is 5.73 Å². The molecule has 0 aliphatic carbocycles. The molecule has 0 saturated heterocycles. The predicted molar refractivity (Wildman–Crippen MR) is 74.9 cm³/mol. The molecule has 1 aromatic rings. The number of sulfonamides is 1. The van der Waals surface area contributed by atoms with Gasteiger partial charge in [-0.15, -0.1) is 0 Å². The fraction of sp³-hybridized carbons (Fsp3) is 0.538. The van der Waals surface area contributed by atoms with Crippen LogP contribution in [0.25, 0.3) is 0 Å². The summed E-state index contributed by atoms with van der Waals surface area (Å²) in [6.07, 6.45) is 0.835. The molecule has 0 amide bonds. The Bertz CT molecular complexity index is 489. The minimum absolute atomic E-state index is 0.233. The number of nitrogens with zero attached hydrogens (tertiary/aromatic N) is 1. The summed E-state index contributed by atoms with van der Waals surface area (Å²) in [6.45, 7) is 6.42. The lowest BCUT2D eigenvalue weighted by atomic mass is 10.1. The van der Waals surface area contributed by atoms with Crippen molar-refractivity contribution >= 4 is 15.7 Å². The molecule has 5 heteroatoms. The first-order chi connectivity index (χ1) is 8.26. The molecule has 0 aliphatic heterocycles. The number of benzene rings is 1. The van der Waals surface area contributed by atoms with Gasteiger partial charge in [-0.3, -0.25) is 0 Å². The highest BCUT2D eigenvalue weighted by atomic mass is 32.2. The Morgan fingerprint density at radius 3 is 2.44 bits per heavy atom. The zero-order valence-electron chi connectivity index (χ0n) is 11.5. The molecule has 18 heavy (non-hydrogen) atoms. The number of anilines is 1. The van der Waals surface area contributed by atoms with Crippen molar-refractivity contribution in [1.29, 1.82) is 0 Å². The third kappa shape index (κ3) is 3.23. The molecular weight excluding hydrogens is 248 g/mol. The van der Waals surface area contributed by atoms with E-state index >= 15 is 0 Å². The van der Waals surface area contributed by atoms with Crippen molar-refractivity contribution in [3.8, 4) is 0 Å². The van der Waals surface area contributed by atoms with Crippen molar-refractivity contribution in [1.82, 2.24) is 4.31 Å². The van der Waals surface area contributed by atoms with Crippen molar-refractivity contribution in [2.75, 3.05) is 19.3 Å². The molecule has 0 fully saturated rings. The van der Waals surface area contributed by atoms with Crippen molar-refractivity contribution in [2.24, 2.45) is 5.92 Å². The van der Waals surface area contributed by atoms with E-state index in [1.54, 1.807) is 32.2 Å². The quantitative estimate of drug-likeness (QED) is 0.835. The van der Waals surface area contributed by atoms with Crippen molar-refractivity contribution in [2.45, 2.75) is 32.1 Å². The zero-order valence-corrected chi connectivity index (χ0v) is 12.3. The van der Waals surface area contributed by atoms with E-state index in [2.05, 4.69) is 13.8 Å². The van der Waals surface area contributed by atoms with Crippen LogP contribution in [0.5, 0.6) is 0 Å². The fourth-order valence-corrected chi connectivity index (χ4v) is 3.24. The number of hydrogen-bond donors (Lipinski definition) is 1. The average molecular weight is 270 g/mol. The summed E-state index contributed by atoms with van der Waals surface area (Å²) >= 11 is 0. The molecule has 1 aromatic carbocycles. The van der Waals surface area contributed by atoms with Crippen LogP contribution in [0.1, 0.15) is 25.8 Å². The number of rotatable bonds is 5. The highest BCUT2D eigenvalue weighted by Gasteiger charge is 2.24. The highest BCUT2D eigenvalue weighted by molar-refractivity contribution is 7.89. The molecule has 4 nitrogen and oxygen atoms in total. The number of aryl methyl sites for hydroxylation is 1. The Hall–Kier alpha value is -1.07. The van der Waals surface area contributed by atoms with Gasteiger partial charge in [-0.1, -0.05) is 26.0 Å². The molecule has 0 atom stereocenters. The molecule has 0 aromatic heterocycles. The van der Waals surface area contributed by atoms with Gasteiger partial charge in [0.1, 0.15) is 4.90 Å². The largest absolute Gasteiger partial charge is 0.398 e. The molecule has 0 bridgehead atoms. The summed E-state index contributed by atoms with van der Waals surface area (Å²) in [7, 11) is -1.89. The first-order valence-corrected chi connectivity index (χ1v) is 7.52. The monoisotopic (exact) mass is 270 g/mol. The SMILES string of the molecule is Cc1cccc(N)c1S(=O)(=O)N(C)CCC(C)C. The van der Waals surface area contributed by atoms with Gasteiger partial charge in [-0.25, -0.2) is 12.7 Å². The minimum Gasteiger partial charge on any atom is -0.398 e. The smallest absolute Gasteiger partial charge is 0.245 e. The van der Waals surface area contributed by atoms with Crippen LogP contribution in [0.3, 0.4) is 0 Å². The van der Waals surface area contributed by atoms with E-state index in [-0.39, 0.29) is 4.90 Å². The summed E-state index contributed by atoms with van der Waals surface area (Å²) in [4.78, 5) is 0.233. The predicted octanol–water partition coefficient (Wildman–Crippen LogP) is 2.24. The van der Waals surface area contributed by atoms with E-state index in [0.717, 1.165) is 6.42 Å². The van der Waals surface area contributed by atoms with Crippen molar-refractivity contribution in [3.05, 3.63) is 23.8 Å².